The lowest BCUT2D eigenvalue weighted by atomic mass is 10.2. The first-order valence-electron chi connectivity index (χ1n) is 4.63. The number of carbonyl (C=O) groups is 1. The summed E-state index contributed by atoms with van der Waals surface area (Å²) in [6.45, 7) is 0.179. The van der Waals surface area contributed by atoms with E-state index in [1.54, 1.807) is 4.90 Å². The van der Waals surface area contributed by atoms with E-state index in [0.717, 1.165) is 0 Å². The number of esters is 1. The number of ether oxygens (including phenoxy) is 1. The van der Waals surface area contributed by atoms with Crippen LogP contribution in [0, 0.1) is 0 Å². The van der Waals surface area contributed by atoms with E-state index < -0.39 is 21.8 Å². The highest BCUT2D eigenvalue weighted by molar-refractivity contribution is 7.91. The molecule has 0 saturated carbocycles. The lowest BCUT2D eigenvalue weighted by Crippen LogP contribution is -2.51. The standard InChI is InChI=1S/C8H15NO5S/c1-14-8(11)7(6-10)9-2-4-15(12,13)5-3-9/h7,10H,2-6H2,1H3/t7-/m0/s1. The third-order valence-corrected chi connectivity index (χ3v) is 4.08. The fourth-order valence-corrected chi connectivity index (χ4v) is 2.74. The van der Waals surface area contributed by atoms with Gasteiger partial charge in [0.25, 0.3) is 0 Å². The number of methoxy groups -OCH3 is 1. The Labute approximate surface area is 88.7 Å². The third-order valence-electron chi connectivity index (χ3n) is 2.47. The van der Waals surface area contributed by atoms with Gasteiger partial charge in [0.1, 0.15) is 6.04 Å². The van der Waals surface area contributed by atoms with Crippen LogP contribution in [0.2, 0.25) is 0 Å². The summed E-state index contributed by atoms with van der Waals surface area (Å²) in [5.74, 6) is -0.474. The Morgan fingerprint density at radius 2 is 2.00 bits per heavy atom. The highest BCUT2D eigenvalue weighted by Crippen LogP contribution is 2.08. The molecule has 1 heterocycles. The van der Waals surface area contributed by atoms with Gasteiger partial charge in [-0.2, -0.15) is 0 Å². The topological polar surface area (TPSA) is 83.9 Å². The van der Waals surface area contributed by atoms with E-state index in [1.807, 2.05) is 0 Å². The first-order valence-corrected chi connectivity index (χ1v) is 6.45. The molecule has 0 radical (unpaired) electrons. The lowest BCUT2D eigenvalue weighted by Gasteiger charge is -2.31. The normalized spacial score (nSPS) is 23.3. The number of nitrogens with zero attached hydrogens (tertiary/aromatic N) is 1. The number of aliphatic hydroxyl groups excluding tert-OH is 1. The van der Waals surface area contributed by atoms with Crippen molar-refractivity contribution >= 4 is 15.8 Å². The van der Waals surface area contributed by atoms with Crippen LogP contribution in [-0.4, -0.2) is 68.7 Å². The van der Waals surface area contributed by atoms with E-state index in [9.17, 15) is 13.2 Å². The zero-order valence-corrected chi connectivity index (χ0v) is 9.37. The number of hydrogen-bond acceptors (Lipinski definition) is 6. The quantitative estimate of drug-likeness (QED) is 0.586. The summed E-state index contributed by atoms with van der Waals surface area (Å²) >= 11 is 0. The van der Waals surface area contributed by atoms with E-state index in [0.29, 0.717) is 0 Å². The van der Waals surface area contributed by atoms with Gasteiger partial charge in [0.15, 0.2) is 9.84 Å². The van der Waals surface area contributed by atoms with Crippen molar-refractivity contribution in [1.29, 1.82) is 0 Å². The molecule has 0 aromatic rings. The number of aliphatic hydroxyl groups is 1. The molecule has 0 aliphatic carbocycles. The zero-order chi connectivity index (χ0) is 11.5. The van der Waals surface area contributed by atoms with Crippen LogP contribution < -0.4 is 0 Å². The summed E-state index contributed by atoms with van der Waals surface area (Å²) in [5, 5.41) is 9.02. The molecule has 0 aromatic heterocycles. The number of rotatable bonds is 3. The fraction of sp³-hybridized carbons (Fsp3) is 0.875. The third kappa shape index (κ3) is 3.15. The molecule has 0 spiro atoms. The summed E-state index contributed by atoms with van der Waals surface area (Å²) in [7, 11) is -1.72. The van der Waals surface area contributed by atoms with Crippen molar-refractivity contribution in [2.24, 2.45) is 0 Å². The summed E-state index contributed by atoms with van der Waals surface area (Å²) in [4.78, 5) is 12.9. The summed E-state index contributed by atoms with van der Waals surface area (Å²) < 4.78 is 26.8. The molecular weight excluding hydrogens is 222 g/mol. The Bertz CT molecular complexity index is 312. The molecule has 1 aliphatic heterocycles. The maximum absolute atomic E-state index is 11.2. The van der Waals surface area contributed by atoms with Gasteiger partial charge in [0.05, 0.1) is 25.2 Å². The highest BCUT2D eigenvalue weighted by atomic mass is 32.2. The van der Waals surface area contributed by atoms with Crippen molar-refractivity contribution in [3.63, 3.8) is 0 Å². The summed E-state index contributed by atoms with van der Waals surface area (Å²) in [6.07, 6.45) is 0. The molecule has 1 aliphatic rings. The molecular formula is C8H15NO5S. The highest BCUT2D eigenvalue weighted by Gasteiger charge is 2.31. The minimum atomic E-state index is -2.97. The van der Waals surface area contributed by atoms with Crippen LogP contribution in [0.4, 0.5) is 0 Å². The Kier molecular flexibility index (Phi) is 4.06. The van der Waals surface area contributed by atoms with E-state index in [4.69, 9.17) is 5.11 Å². The smallest absolute Gasteiger partial charge is 0.325 e. The maximum Gasteiger partial charge on any atom is 0.325 e. The minimum Gasteiger partial charge on any atom is -0.468 e. The van der Waals surface area contributed by atoms with Gasteiger partial charge < -0.3 is 9.84 Å². The Morgan fingerprint density at radius 1 is 1.47 bits per heavy atom. The first-order chi connectivity index (χ1) is 7.00. The van der Waals surface area contributed by atoms with Crippen LogP contribution in [0.5, 0.6) is 0 Å². The molecule has 1 N–H and O–H groups in total. The average molecular weight is 237 g/mol. The van der Waals surface area contributed by atoms with Crippen LogP contribution in [0.1, 0.15) is 0 Å². The van der Waals surface area contributed by atoms with E-state index in [2.05, 4.69) is 4.74 Å². The van der Waals surface area contributed by atoms with Gasteiger partial charge in [-0.05, 0) is 0 Å². The second-order valence-electron chi connectivity index (χ2n) is 3.41. The first kappa shape index (κ1) is 12.4. The van der Waals surface area contributed by atoms with Gasteiger partial charge in [0, 0.05) is 13.1 Å². The summed E-state index contributed by atoms with van der Waals surface area (Å²) in [6, 6.07) is -0.745. The van der Waals surface area contributed by atoms with Crippen LogP contribution in [0.15, 0.2) is 0 Å². The van der Waals surface area contributed by atoms with Crippen LogP contribution >= 0.6 is 0 Å². The van der Waals surface area contributed by atoms with Crippen molar-refractivity contribution in [2.75, 3.05) is 38.3 Å². The Morgan fingerprint density at radius 3 is 2.40 bits per heavy atom. The molecule has 1 atom stereocenters. The molecule has 7 heteroatoms. The van der Waals surface area contributed by atoms with Crippen LogP contribution in [-0.2, 0) is 19.4 Å². The second-order valence-corrected chi connectivity index (χ2v) is 5.71. The van der Waals surface area contributed by atoms with Crippen molar-refractivity contribution in [2.45, 2.75) is 6.04 Å². The van der Waals surface area contributed by atoms with Gasteiger partial charge >= 0.3 is 5.97 Å². The van der Waals surface area contributed by atoms with E-state index >= 15 is 0 Å². The average Bonchev–Trinajstić information content (AvgIpc) is 2.21. The van der Waals surface area contributed by atoms with Gasteiger partial charge in [-0.1, -0.05) is 0 Å². The van der Waals surface area contributed by atoms with E-state index in [1.165, 1.54) is 7.11 Å². The molecule has 0 unspecified atom stereocenters. The number of carbonyl (C=O) groups excluding carboxylic acids is 1. The molecule has 1 saturated heterocycles. The van der Waals surface area contributed by atoms with Gasteiger partial charge in [0.2, 0.25) is 0 Å². The van der Waals surface area contributed by atoms with Gasteiger partial charge in [-0.3, -0.25) is 9.69 Å². The maximum atomic E-state index is 11.2. The van der Waals surface area contributed by atoms with Crippen molar-refractivity contribution in [3.05, 3.63) is 0 Å². The fourth-order valence-electron chi connectivity index (χ4n) is 1.51. The monoisotopic (exact) mass is 237 g/mol. The Balaban J connectivity index is 2.61. The SMILES string of the molecule is COC(=O)[C@H](CO)N1CCS(=O)(=O)CC1. The molecule has 0 amide bonds. The van der Waals surface area contributed by atoms with Gasteiger partial charge in [-0.15, -0.1) is 0 Å². The zero-order valence-electron chi connectivity index (χ0n) is 8.55. The van der Waals surface area contributed by atoms with Crippen molar-refractivity contribution < 1.29 is 23.1 Å². The number of sulfone groups is 1. The molecule has 1 fully saturated rings. The number of hydrogen-bond donors (Lipinski definition) is 1. The van der Waals surface area contributed by atoms with Crippen LogP contribution in [0.3, 0.4) is 0 Å². The lowest BCUT2D eigenvalue weighted by molar-refractivity contribution is -0.148. The van der Waals surface area contributed by atoms with Crippen molar-refractivity contribution in [3.8, 4) is 0 Å². The largest absolute Gasteiger partial charge is 0.468 e. The molecule has 0 aromatic carbocycles. The van der Waals surface area contributed by atoms with Crippen molar-refractivity contribution in [1.82, 2.24) is 4.90 Å². The van der Waals surface area contributed by atoms with E-state index in [-0.39, 0.29) is 31.2 Å². The molecule has 88 valence electrons. The summed E-state index contributed by atoms with van der Waals surface area (Å²) in [5.41, 5.74) is 0. The molecule has 6 nitrogen and oxygen atoms in total. The molecule has 0 bridgehead atoms. The predicted molar refractivity (Wildman–Crippen MR) is 53.1 cm³/mol. The Hall–Kier alpha value is -0.660. The molecule has 1 rings (SSSR count). The minimum absolute atomic E-state index is 0.0283. The van der Waals surface area contributed by atoms with Gasteiger partial charge in [-0.25, -0.2) is 8.42 Å². The molecule has 15 heavy (non-hydrogen) atoms. The van der Waals surface area contributed by atoms with Crippen LogP contribution in [0.25, 0.3) is 0 Å². The second kappa shape index (κ2) is 4.91. The predicted octanol–water partition coefficient (Wildman–Crippen LogP) is -1.75.